The van der Waals surface area contributed by atoms with E-state index in [0.29, 0.717) is 34.4 Å². The number of hydrogen-bond acceptors (Lipinski definition) is 8. The number of amides is 2. The largest absolute Gasteiger partial charge is 0.472 e. The summed E-state index contributed by atoms with van der Waals surface area (Å²) in [5.74, 6) is 0.951. The van der Waals surface area contributed by atoms with E-state index in [1.165, 1.54) is 23.9 Å². The van der Waals surface area contributed by atoms with Crippen molar-refractivity contribution in [2.45, 2.75) is 13.0 Å². The predicted octanol–water partition coefficient (Wildman–Crippen LogP) is 2.71. The molecule has 5 rings (SSSR count). The quantitative estimate of drug-likeness (QED) is 0.646. The Labute approximate surface area is 175 Å². The van der Waals surface area contributed by atoms with Crippen LogP contribution in [0.1, 0.15) is 20.9 Å². The molecular weight excluding hydrogens is 408 g/mol. The minimum absolute atomic E-state index is 0.102. The molecule has 3 aromatic rings. The van der Waals surface area contributed by atoms with Crippen LogP contribution in [0.2, 0.25) is 0 Å². The highest BCUT2D eigenvalue weighted by Crippen LogP contribution is 2.34. The Morgan fingerprint density at radius 2 is 2.07 bits per heavy atom. The third-order valence-electron chi connectivity index (χ3n) is 4.84. The second-order valence-electron chi connectivity index (χ2n) is 6.93. The number of carbonyl (C=O) groups is 2. The number of hydrogen-bond donors (Lipinski definition) is 2. The van der Waals surface area contributed by atoms with E-state index in [-0.39, 0.29) is 25.2 Å². The molecule has 0 bridgehead atoms. The molecule has 30 heavy (non-hydrogen) atoms. The SMILES string of the molecule is O=C(CN1CCc2nc(NC(=O)c3ccoc3)sc2C1)Nc1ccc2c(c1)OCO2. The highest BCUT2D eigenvalue weighted by molar-refractivity contribution is 7.15. The van der Waals surface area contributed by atoms with Crippen molar-refractivity contribution in [1.82, 2.24) is 9.88 Å². The Balaban J connectivity index is 1.18. The monoisotopic (exact) mass is 426 g/mol. The van der Waals surface area contributed by atoms with Gasteiger partial charge in [0.2, 0.25) is 12.7 Å². The number of thiazole rings is 1. The van der Waals surface area contributed by atoms with Crippen LogP contribution < -0.4 is 20.1 Å². The van der Waals surface area contributed by atoms with Gasteiger partial charge in [0, 0.05) is 36.1 Å². The summed E-state index contributed by atoms with van der Waals surface area (Å²) in [6.45, 7) is 1.80. The maximum absolute atomic E-state index is 12.5. The summed E-state index contributed by atoms with van der Waals surface area (Å²) < 4.78 is 15.6. The highest BCUT2D eigenvalue weighted by Gasteiger charge is 2.23. The lowest BCUT2D eigenvalue weighted by molar-refractivity contribution is -0.117. The van der Waals surface area contributed by atoms with E-state index in [4.69, 9.17) is 13.9 Å². The van der Waals surface area contributed by atoms with E-state index >= 15 is 0 Å². The van der Waals surface area contributed by atoms with Crippen LogP contribution in [0.15, 0.2) is 41.2 Å². The van der Waals surface area contributed by atoms with Gasteiger partial charge in [0.15, 0.2) is 16.6 Å². The smallest absolute Gasteiger partial charge is 0.260 e. The molecule has 2 aliphatic rings. The maximum Gasteiger partial charge on any atom is 0.260 e. The second kappa shape index (κ2) is 7.81. The summed E-state index contributed by atoms with van der Waals surface area (Å²) in [5, 5.41) is 6.25. The van der Waals surface area contributed by atoms with Crippen LogP contribution in [0.4, 0.5) is 10.8 Å². The van der Waals surface area contributed by atoms with Crippen molar-refractivity contribution >= 4 is 34.0 Å². The number of anilines is 2. The molecule has 2 amide bonds. The summed E-state index contributed by atoms with van der Waals surface area (Å²) in [4.78, 5) is 32.3. The summed E-state index contributed by atoms with van der Waals surface area (Å²) in [6, 6.07) is 6.93. The van der Waals surface area contributed by atoms with Crippen molar-refractivity contribution in [3.8, 4) is 11.5 Å². The molecule has 0 spiro atoms. The average molecular weight is 426 g/mol. The number of benzene rings is 1. The average Bonchev–Trinajstić information content (AvgIpc) is 3.47. The fourth-order valence-electron chi connectivity index (χ4n) is 3.38. The van der Waals surface area contributed by atoms with Crippen LogP contribution in [0.5, 0.6) is 11.5 Å². The van der Waals surface area contributed by atoms with Crippen molar-refractivity contribution in [2.75, 3.05) is 30.5 Å². The van der Waals surface area contributed by atoms with Gasteiger partial charge in [-0.2, -0.15) is 0 Å². The van der Waals surface area contributed by atoms with E-state index in [9.17, 15) is 9.59 Å². The van der Waals surface area contributed by atoms with Crippen molar-refractivity contribution in [3.63, 3.8) is 0 Å². The van der Waals surface area contributed by atoms with Crippen molar-refractivity contribution in [1.29, 1.82) is 0 Å². The second-order valence-corrected chi connectivity index (χ2v) is 8.02. The zero-order valence-corrected chi connectivity index (χ0v) is 16.7. The van der Waals surface area contributed by atoms with Gasteiger partial charge in [0.05, 0.1) is 24.1 Å². The van der Waals surface area contributed by atoms with E-state index < -0.39 is 0 Å². The van der Waals surface area contributed by atoms with Gasteiger partial charge < -0.3 is 19.2 Å². The number of rotatable bonds is 5. The first-order valence-electron chi connectivity index (χ1n) is 9.38. The molecule has 10 heteroatoms. The third kappa shape index (κ3) is 3.87. The zero-order chi connectivity index (χ0) is 20.5. The first-order valence-corrected chi connectivity index (χ1v) is 10.2. The fourth-order valence-corrected chi connectivity index (χ4v) is 4.42. The molecule has 0 saturated carbocycles. The molecule has 0 saturated heterocycles. The molecule has 2 aliphatic heterocycles. The Bertz CT molecular complexity index is 1090. The number of furan rings is 1. The highest BCUT2D eigenvalue weighted by atomic mass is 32.1. The molecule has 0 atom stereocenters. The van der Waals surface area contributed by atoms with Gasteiger partial charge in [-0.25, -0.2) is 4.98 Å². The minimum atomic E-state index is -0.255. The number of nitrogens with zero attached hydrogens (tertiary/aromatic N) is 2. The van der Waals surface area contributed by atoms with Gasteiger partial charge in [-0.3, -0.25) is 19.8 Å². The Morgan fingerprint density at radius 1 is 1.17 bits per heavy atom. The first kappa shape index (κ1) is 18.6. The van der Waals surface area contributed by atoms with Gasteiger partial charge >= 0.3 is 0 Å². The van der Waals surface area contributed by atoms with Crippen LogP contribution in [0.25, 0.3) is 0 Å². The van der Waals surface area contributed by atoms with Gasteiger partial charge in [0.1, 0.15) is 6.26 Å². The van der Waals surface area contributed by atoms with Gasteiger partial charge in [-0.05, 0) is 18.2 Å². The Hall–Kier alpha value is -3.37. The maximum atomic E-state index is 12.5. The molecule has 2 N–H and O–H groups in total. The van der Waals surface area contributed by atoms with E-state index in [2.05, 4.69) is 20.5 Å². The third-order valence-corrected chi connectivity index (χ3v) is 5.84. The van der Waals surface area contributed by atoms with Crippen molar-refractivity contribution in [2.24, 2.45) is 0 Å². The summed E-state index contributed by atoms with van der Waals surface area (Å²) >= 11 is 1.43. The molecule has 2 aromatic heterocycles. The lowest BCUT2D eigenvalue weighted by Crippen LogP contribution is -2.36. The first-order chi connectivity index (χ1) is 14.6. The molecule has 4 heterocycles. The molecule has 0 unspecified atom stereocenters. The standard InChI is InChI=1S/C20H18N4O5S/c25-18(21-13-1-2-15-16(7-13)29-11-28-15)9-24-5-3-14-17(8-24)30-20(22-14)23-19(26)12-4-6-27-10-12/h1-2,4,6-7,10H,3,5,8-9,11H2,(H,21,25)(H,22,23,26). The van der Waals surface area contributed by atoms with Gasteiger partial charge in [0.25, 0.3) is 5.91 Å². The Kier molecular flexibility index (Phi) is 4.85. The molecule has 0 radical (unpaired) electrons. The van der Waals surface area contributed by atoms with Crippen LogP contribution in [0.3, 0.4) is 0 Å². The normalized spacial score (nSPS) is 14.9. The molecule has 0 fully saturated rings. The van der Waals surface area contributed by atoms with Gasteiger partial charge in [-0.15, -0.1) is 11.3 Å². The zero-order valence-electron chi connectivity index (χ0n) is 15.8. The van der Waals surface area contributed by atoms with Crippen LogP contribution in [0, 0.1) is 0 Å². The molecule has 9 nitrogen and oxygen atoms in total. The van der Waals surface area contributed by atoms with Crippen LogP contribution >= 0.6 is 11.3 Å². The predicted molar refractivity (Wildman–Crippen MR) is 109 cm³/mol. The summed E-state index contributed by atoms with van der Waals surface area (Å²) in [7, 11) is 0. The van der Waals surface area contributed by atoms with Crippen molar-refractivity contribution in [3.05, 3.63) is 52.9 Å². The van der Waals surface area contributed by atoms with Gasteiger partial charge in [-0.1, -0.05) is 0 Å². The number of carbonyl (C=O) groups excluding carboxylic acids is 2. The molecule has 1 aromatic carbocycles. The number of nitrogens with one attached hydrogen (secondary N) is 2. The van der Waals surface area contributed by atoms with Crippen molar-refractivity contribution < 1.29 is 23.5 Å². The van der Waals surface area contributed by atoms with Crippen LogP contribution in [-0.4, -0.2) is 41.6 Å². The fraction of sp³-hybridized carbons (Fsp3) is 0.250. The number of aromatic nitrogens is 1. The molecule has 154 valence electrons. The Morgan fingerprint density at radius 3 is 2.93 bits per heavy atom. The number of ether oxygens (including phenoxy) is 2. The lowest BCUT2D eigenvalue weighted by Gasteiger charge is -2.25. The molecule has 0 aliphatic carbocycles. The summed E-state index contributed by atoms with van der Waals surface area (Å²) in [5.41, 5.74) is 2.09. The van der Waals surface area contributed by atoms with E-state index in [1.807, 2.05) is 0 Å². The topological polar surface area (TPSA) is 106 Å². The van der Waals surface area contributed by atoms with E-state index in [1.54, 1.807) is 24.3 Å². The minimum Gasteiger partial charge on any atom is -0.472 e. The lowest BCUT2D eigenvalue weighted by atomic mass is 10.2. The summed E-state index contributed by atoms with van der Waals surface area (Å²) in [6.07, 6.45) is 3.57. The molecular formula is C20H18N4O5S. The van der Waals surface area contributed by atoms with Crippen LogP contribution in [-0.2, 0) is 17.8 Å². The number of fused-ring (bicyclic) bond motifs is 2. The van der Waals surface area contributed by atoms with E-state index in [0.717, 1.165) is 23.5 Å².